The molecule has 0 bridgehead atoms. The molecule has 156 valence electrons. The second-order valence-electron chi connectivity index (χ2n) is 7.44. The van der Waals surface area contributed by atoms with Crippen LogP contribution in [0.3, 0.4) is 0 Å². The largest absolute Gasteiger partial charge is 0.497 e. The summed E-state index contributed by atoms with van der Waals surface area (Å²) < 4.78 is 5.27. The van der Waals surface area contributed by atoms with Crippen molar-refractivity contribution in [1.82, 2.24) is 4.90 Å². The zero-order valence-corrected chi connectivity index (χ0v) is 18.1. The average molecular weight is 421 g/mol. The molecule has 0 aliphatic carbocycles. The number of hydrogen-bond donors (Lipinski definition) is 1. The normalized spacial score (nSPS) is 14.7. The van der Waals surface area contributed by atoms with E-state index >= 15 is 0 Å². The monoisotopic (exact) mass is 420 g/mol. The first kappa shape index (κ1) is 20.8. The number of hydrogen-bond acceptors (Lipinski definition) is 5. The Balaban J connectivity index is 1.39. The predicted molar refractivity (Wildman–Crippen MR) is 123 cm³/mol. The van der Waals surface area contributed by atoms with Crippen molar-refractivity contribution < 1.29 is 9.84 Å². The third-order valence-corrected chi connectivity index (χ3v) is 6.78. The lowest BCUT2D eigenvalue weighted by Crippen LogP contribution is -2.46. The average Bonchev–Trinajstić information content (AvgIpc) is 2.81. The number of piperazine rings is 1. The minimum atomic E-state index is 0.0681. The molecule has 3 aromatic carbocycles. The van der Waals surface area contributed by atoms with Gasteiger partial charge in [-0.25, -0.2) is 0 Å². The van der Waals surface area contributed by atoms with Crippen LogP contribution in [0, 0.1) is 0 Å². The summed E-state index contributed by atoms with van der Waals surface area (Å²) in [5, 5.41) is 9.64. The van der Waals surface area contributed by atoms with E-state index in [2.05, 4.69) is 52.3 Å². The van der Waals surface area contributed by atoms with Gasteiger partial charge < -0.3 is 14.7 Å². The molecule has 4 rings (SSSR count). The van der Waals surface area contributed by atoms with E-state index in [1.165, 1.54) is 16.1 Å². The van der Waals surface area contributed by atoms with Gasteiger partial charge in [-0.3, -0.25) is 4.90 Å². The summed E-state index contributed by atoms with van der Waals surface area (Å²) in [5.74, 6) is 0.897. The summed E-state index contributed by atoms with van der Waals surface area (Å²) in [6, 6.07) is 25.0. The highest BCUT2D eigenvalue weighted by molar-refractivity contribution is 7.99. The maximum Gasteiger partial charge on any atom is 0.119 e. The highest BCUT2D eigenvalue weighted by Gasteiger charge is 2.18. The van der Waals surface area contributed by atoms with Crippen molar-refractivity contribution in [2.75, 3.05) is 38.2 Å². The zero-order valence-electron chi connectivity index (χ0n) is 17.3. The Bertz CT molecular complexity index is 953. The predicted octanol–water partition coefficient (Wildman–Crippen LogP) is 4.66. The molecule has 1 heterocycles. The smallest absolute Gasteiger partial charge is 0.119 e. The summed E-state index contributed by atoms with van der Waals surface area (Å²) in [6.07, 6.45) is 0. The Morgan fingerprint density at radius 1 is 0.800 bits per heavy atom. The van der Waals surface area contributed by atoms with Gasteiger partial charge in [-0.05, 0) is 47.5 Å². The van der Waals surface area contributed by atoms with Crippen LogP contribution in [0.4, 0.5) is 5.69 Å². The second-order valence-corrected chi connectivity index (χ2v) is 8.52. The fraction of sp³-hybridized carbons (Fsp3) is 0.280. The number of ether oxygens (including phenoxy) is 1. The molecule has 0 radical (unpaired) electrons. The molecule has 0 spiro atoms. The Labute approximate surface area is 183 Å². The minimum absolute atomic E-state index is 0.0681. The SMILES string of the molecule is COc1ccc(N2CCN(Cc3ccccc3Sc3ccccc3CO)CC2)cc1. The summed E-state index contributed by atoms with van der Waals surface area (Å²) in [4.78, 5) is 7.35. The van der Waals surface area contributed by atoms with Crippen LogP contribution in [0.1, 0.15) is 11.1 Å². The Morgan fingerprint density at radius 2 is 1.40 bits per heavy atom. The number of benzene rings is 3. The third-order valence-electron chi connectivity index (χ3n) is 5.54. The van der Waals surface area contributed by atoms with Gasteiger partial charge in [0.2, 0.25) is 0 Å². The standard InChI is InChI=1S/C25H28N2O2S/c1-29-23-12-10-22(11-13-23)27-16-14-26(15-17-27)18-20-6-2-4-8-24(20)30-25-9-5-3-7-21(25)19-28/h2-13,28H,14-19H2,1H3. The van der Waals surface area contributed by atoms with Crippen molar-refractivity contribution in [3.8, 4) is 5.75 Å². The van der Waals surface area contributed by atoms with Crippen molar-refractivity contribution in [2.24, 2.45) is 0 Å². The van der Waals surface area contributed by atoms with Crippen LogP contribution in [-0.2, 0) is 13.2 Å². The fourth-order valence-corrected chi connectivity index (χ4v) is 4.84. The first-order chi connectivity index (χ1) is 14.8. The molecule has 4 nitrogen and oxygen atoms in total. The molecule has 1 aliphatic heterocycles. The molecule has 1 N–H and O–H groups in total. The van der Waals surface area contributed by atoms with E-state index in [1.54, 1.807) is 18.9 Å². The van der Waals surface area contributed by atoms with Crippen molar-refractivity contribution in [3.05, 3.63) is 83.9 Å². The van der Waals surface area contributed by atoms with Gasteiger partial charge in [0, 0.05) is 48.2 Å². The van der Waals surface area contributed by atoms with Crippen molar-refractivity contribution in [1.29, 1.82) is 0 Å². The lowest BCUT2D eigenvalue weighted by Gasteiger charge is -2.36. The van der Waals surface area contributed by atoms with E-state index in [-0.39, 0.29) is 6.61 Å². The van der Waals surface area contributed by atoms with E-state index in [9.17, 15) is 5.11 Å². The molecule has 0 atom stereocenters. The molecule has 1 saturated heterocycles. The Kier molecular flexibility index (Phi) is 6.95. The maximum atomic E-state index is 9.64. The lowest BCUT2D eigenvalue weighted by molar-refractivity contribution is 0.248. The number of aliphatic hydroxyl groups is 1. The summed E-state index contributed by atoms with van der Waals surface area (Å²) in [6.45, 7) is 5.14. The molecule has 0 aromatic heterocycles. The minimum Gasteiger partial charge on any atom is -0.497 e. The van der Waals surface area contributed by atoms with E-state index in [0.717, 1.165) is 48.9 Å². The van der Waals surface area contributed by atoms with Gasteiger partial charge in [0.05, 0.1) is 13.7 Å². The molecule has 5 heteroatoms. The quantitative estimate of drug-likeness (QED) is 0.602. The van der Waals surface area contributed by atoms with Gasteiger partial charge in [-0.15, -0.1) is 0 Å². The number of methoxy groups -OCH3 is 1. The summed E-state index contributed by atoms with van der Waals surface area (Å²) >= 11 is 1.75. The van der Waals surface area contributed by atoms with E-state index in [0.29, 0.717) is 0 Å². The van der Waals surface area contributed by atoms with Crippen LogP contribution in [0.5, 0.6) is 5.75 Å². The molecule has 0 amide bonds. The van der Waals surface area contributed by atoms with E-state index in [1.807, 2.05) is 30.3 Å². The molecule has 3 aromatic rings. The fourth-order valence-electron chi connectivity index (χ4n) is 3.78. The van der Waals surface area contributed by atoms with Crippen LogP contribution in [0.2, 0.25) is 0 Å². The van der Waals surface area contributed by atoms with Crippen molar-refractivity contribution >= 4 is 17.4 Å². The van der Waals surface area contributed by atoms with E-state index in [4.69, 9.17) is 4.74 Å². The van der Waals surface area contributed by atoms with Gasteiger partial charge in [0.15, 0.2) is 0 Å². The highest BCUT2D eigenvalue weighted by atomic mass is 32.2. The van der Waals surface area contributed by atoms with Gasteiger partial charge in [0.25, 0.3) is 0 Å². The number of nitrogens with zero attached hydrogens (tertiary/aromatic N) is 2. The van der Waals surface area contributed by atoms with Crippen LogP contribution >= 0.6 is 11.8 Å². The first-order valence-electron chi connectivity index (χ1n) is 10.3. The number of aliphatic hydroxyl groups excluding tert-OH is 1. The van der Waals surface area contributed by atoms with Crippen LogP contribution in [0.25, 0.3) is 0 Å². The second kappa shape index (κ2) is 10.0. The Hall–Kier alpha value is -2.47. The maximum absolute atomic E-state index is 9.64. The molecule has 0 saturated carbocycles. The molecule has 30 heavy (non-hydrogen) atoms. The highest BCUT2D eigenvalue weighted by Crippen LogP contribution is 2.33. The van der Waals surface area contributed by atoms with Gasteiger partial charge in [-0.1, -0.05) is 48.2 Å². The molecule has 1 fully saturated rings. The lowest BCUT2D eigenvalue weighted by atomic mass is 10.2. The first-order valence-corrected chi connectivity index (χ1v) is 11.1. The molecular formula is C25H28N2O2S. The zero-order chi connectivity index (χ0) is 20.8. The van der Waals surface area contributed by atoms with Crippen molar-refractivity contribution in [2.45, 2.75) is 22.9 Å². The van der Waals surface area contributed by atoms with E-state index < -0.39 is 0 Å². The van der Waals surface area contributed by atoms with Crippen LogP contribution < -0.4 is 9.64 Å². The summed E-state index contributed by atoms with van der Waals surface area (Å²) in [7, 11) is 1.70. The number of anilines is 1. The van der Waals surface area contributed by atoms with Gasteiger partial charge in [-0.2, -0.15) is 0 Å². The Morgan fingerprint density at radius 3 is 2.03 bits per heavy atom. The molecular weight excluding hydrogens is 392 g/mol. The third kappa shape index (κ3) is 4.98. The van der Waals surface area contributed by atoms with Crippen molar-refractivity contribution in [3.63, 3.8) is 0 Å². The van der Waals surface area contributed by atoms with Crippen LogP contribution in [0.15, 0.2) is 82.6 Å². The van der Waals surface area contributed by atoms with Gasteiger partial charge in [0.1, 0.15) is 5.75 Å². The molecule has 1 aliphatic rings. The molecule has 0 unspecified atom stereocenters. The van der Waals surface area contributed by atoms with Gasteiger partial charge >= 0.3 is 0 Å². The topological polar surface area (TPSA) is 35.9 Å². The van der Waals surface area contributed by atoms with Crippen LogP contribution in [-0.4, -0.2) is 43.3 Å². The summed E-state index contributed by atoms with van der Waals surface area (Å²) in [5.41, 5.74) is 3.57. The number of rotatable bonds is 7.